The van der Waals surface area contributed by atoms with Gasteiger partial charge in [-0.25, -0.2) is 0 Å². The van der Waals surface area contributed by atoms with Crippen molar-refractivity contribution < 1.29 is 39.0 Å². The molecule has 14 heteroatoms. The van der Waals surface area contributed by atoms with Gasteiger partial charge in [-0.15, -0.1) is 0 Å². The Balaban J connectivity index is 5.33. The zero-order valence-corrected chi connectivity index (χ0v) is 17.8. The van der Waals surface area contributed by atoms with Gasteiger partial charge in [0.25, 0.3) is 0 Å². The fourth-order valence-electron chi connectivity index (χ4n) is 2.51. The maximum absolute atomic E-state index is 12.7. The Kier molecular flexibility index (Phi) is 13.2. The first-order valence-electron chi connectivity index (χ1n) is 9.98. The quantitative estimate of drug-likeness (QED) is 0.107. The van der Waals surface area contributed by atoms with Crippen LogP contribution >= 0.6 is 0 Å². The number of carbonyl (C=O) groups excluding carboxylic acids is 4. The molecule has 4 atom stereocenters. The molecule has 0 heterocycles. The van der Waals surface area contributed by atoms with Crippen LogP contribution in [0, 0.1) is 0 Å². The van der Waals surface area contributed by atoms with Gasteiger partial charge in [-0.05, 0) is 39.2 Å². The van der Waals surface area contributed by atoms with Crippen molar-refractivity contribution in [3.63, 3.8) is 0 Å². The minimum Gasteiger partial charge on any atom is -0.481 e. The number of amides is 4. The summed E-state index contributed by atoms with van der Waals surface area (Å²) in [5.74, 6) is -5.93. The number of primary amides is 1. The third-order valence-corrected chi connectivity index (χ3v) is 4.35. The summed E-state index contributed by atoms with van der Waals surface area (Å²) in [6.45, 7) is 1.58. The molecule has 0 fully saturated rings. The Morgan fingerprint density at radius 1 is 0.844 bits per heavy atom. The number of unbranched alkanes of at least 4 members (excludes halogenated alkanes) is 1. The number of carboxylic acid groups (broad SMARTS) is 2. The van der Waals surface area contributed by atoms with Crippen LogP contribution in [0.1, 0.15) is 45.4 Å². The number of nitrogens with one attached hydrogen (secondary N) is 3. The summed E-state index contributed by atoms with van der Waals surface area (Å²) in [5, 5.41) is 24.5. The van der Waals surface area contributed by atoms with Crippen molar-refractivity contribution in [2.75, 3.05) is 6.54 Å². The Bertz CT molecular complexity index is 701. The second-order valence-corrected chi connectivity index (χ2v) is 7.18. The molecule has 0 aromatic heterocycles. The number of nitrogens with two attached hydrogens (primary N) is 3. The number of carbonyl (C=O) groups is 6. The zero-order chi connectivity index (χ0) is 24.8. The topological polar surface area (TPSA) is 257 Å². The van der Waals surface area contributed by atoms with Crippen molar-refractivity contribution in [3.05, 3.63) is 0 Å². The highest BCUT2D eigenvalue weighted by Gasteiger charge is 2.30. The van der Waals surface area contributed by atoms with Crippen molar-refractivity contribution in [3.8, 4) is 0 Å². The van der Waals surface area contributed by atoms with Gasteiger partial charge in [-0.3, -0.25) is 28.8 Å². The van der Waals surface area contributed by atoms with E-state index < -0.39 is 66.2 Å². The minimum absolute atomic E-state index is 0.122. The lowest BCUT2D eigenvalue weighted by atomic mass is 10.1. The van der Waals surface area contributed by atoms with Gasteiger partial charge < -0.3 is 43.4 Å². The zero-order valence-electron chi connectivity index (χ0n) is 17.8. The molecular formula is C18H32N6O8. The highest BCUT2D eigenvalue weighted by Crippen LogP contribution is 2.04. The average molecular weight is 460 g/mol. The Morgan fingerprint density at radius 3 is 1.91 bits per heavy atom. The molecule has 11 N–H and O–H groups in total. The van der Waals surface area contributed by atoms with Crippen LogP contribution in [0.25, 0.3) is 0 Å². The molecule has 182 valence electrons. The van der Waals surface area contributed by atoms with Crippen LogP contribution in [0.2, 0.25) is 0 Å². The van der Waals surface area contributed by atoms with Crippen LogP contribution in [0.5, 0.6) is 0 Å². The molecule has 0 aromatic carbocycles. The van der Waals surface area contributed by atoms with E-state index >= 15 is 0 Å². The predicted octanol–water partition coefficient (Wildman–Crippen LogP) is -3.26. The molecule has 0 radical (unpaired) electrons. The number of carboxylic acids is 2. The second-order valence-electron chi connectivity index (χ2n) is 7.18. The van der Waals surface area contributed by atoms with E-state index in [0.717, 1.165) is 0 Å². The van der Waals surface area contributed by atoms with E-state index in [9.17, 15) is 28.8 Å². The third kappa shape index (κ3) is 11.8. The molecule has 0 bridgehead atoms. The van der Waals surface area contributed by atoms with E-state index in [-0.39, 0.29) is 19.3 Å². The molecule has 0 saturated carbocycles. The third-order valence-electron chi connectivity index (χ3n) is 4.35. The molecule has 0 rings (SSSR count). The maximum Gasteiger partial charge on any atom is 0.325 e. The van der Waals surface area contributed by atoms with Crippen LogP contribution in [0.3, 0.4) is 0 Å². The molecule has 14 nitrogen and oxygen atoms in total. The molecule has 4 unspecified atom stereocenters. The highest BCUT2D eigenvalue weighted by atomic mass is 16.4. The minimum atomic E-state index is -1.47. The Morgan fingerprint density at radius 2 is 1.41 bits per heavy atom. The first-order valence-corrected chi connectivity index (χ1v) is 9.98. The van der Waals surface area contributed by atoms with Crippen molar-refractivity contribution in [2.45, 2.75) is 69.6 Å². The molecule has 0 aliphatic heterocycles. The van der Waals surface area contributed by atoms with E-state index in [1.54, 1.807) is 0 Å². The van der Waals surface area contributed by atoms with E-state index in [1.165, 1.54) is 6.92 Å². The SMILES string of the molecule is CC(NC(=O)C(CCCCN)NC(=O)C(CC(N)=O)NC(=O)C(N)CCC(=O)O)C(=O)O. The highest BCUT2D eigenvalue weighted by molar-refractivity contribution is 5.96. The van der Waals surface area contributed by atoms with Crippen molar-refractivity contribution in [2.24, 2.45) is 17.2 Å². The van der Waals surface area contributed by atoms with Gasteiger partial charge in [0.1, 0.15) is 18.1 Å². The summed E-state index contributed by atoms with van der Waals surface area (Å²) in [5.41, 5.74) is 16.2. The summed E-state index contributed by atoms with van der Waals surface area (Å²) in [6, 6.07) is -5.11. The van der Waals surface area contributed by atoms with Crippen LogP contribution < -0.4 is 33.2 Å². The van der Waals surface area contributed by atoms with Crippen molar-refractivity contribution in [1.82, 2.24) is 16.0 Å². The molecular weight excluding hydrogens is 428 g/mol. The monoisotopic (exact) mass is 460 g/mol. The van der Waals surface area contributed by atoms with Gasteiger partial charge >= 0.3 is 11.9 Å². The largest absolute Gasteiger partial charge is 0.481 e. The Hall–Kier alpha value is -3.26. The van der Waals surface area contributed by atoms with E-state index in [0.29, 0.717) is 19.4 Å². The Labute approximate surface area is 184 Å². The van der Waals surface area contributed by atoms with E-state index in [2.05, 4.69) is 16.0 Å². The molecule has 0 spiro atoms. The average Bonchev–Trinajstić information content (AvgIpc) is 2.69. The summed E-state index contributed by atoms with van der Waals surface area (Å²) in [7, 11) is 0. The molecule has 0 saturated heterocycles. The number of hydrogen-bond donors (Lipinski definition) is 8. The lowest BCUT2D eigenvalue weighted by Gasteiger charge is -2.24. The maximum atomic E-state index is 12.7. The molecule has 0 aromatic rings. The van der Waals surface area contributed by atoms with Crippen LogP contribution in [0.15, 0.2) is 0 Å². The van der Waals surface area contributed by atoms with E-state index in [4.69, 9.17) is 27.4 Å². The van der Waals surface area contributed by atoms with Crippen LogP contribution in [-0.4, -0.2) is 76.5 Å². The van der Waals surface area contributed by atoms with Gasteiger partial charge in [0.2, 0.25) is 23.6 Å². The van der Waals surface area contributed by atoms with Gasteiger partial charge in [0.15, 0.2) is 0 Å². The van der Waals surface area contributed by atoms with Crippen molar-refractivity contribution >= 4 is 35.6 Å². The van der Waals surface area contributed by atoms with Crippen molar-refractivity contribution in [1.29, 1.82) is 0 Å². The first kappa shape index (κ1) is 28.7. The van der Waals surface area contributed by atoms with Gasteiger partial charge in [-0.1, -0.05) is 0 Å². The molecule has 32 heavy (non-hydrogen) atoms. The van der Waals surface area contributed by atoms with Crippen LogP contribution in [-0.2, 0) is 28.8 Å². The molecule has 0 aliphatic carbocycles. The van der Waals surface area contributed by atoms with Gasteiger partial charge in [0.05, 0.1) is 12.5 Å². The summed E-state index contributed by atoms with van der Waals surface area (Å²) in [4.78, 5) is 70.3. The van der Waals surface area contributed by atoms with Crippen LogP contribution in [0.4, 0.5) is 0 Å². The first-order chi connectivity index (χ1) is 14.9. The summed E-state index contributed by atoms with van der Waals surface area (Å²) in [6.07, 6.45) is -0.102. The fraction of sp³-hybridized carbons (Fsp3) is 0.667. The van der Waals surface area contributed by atoms with E-state index in [1.807, 2.05) is 0 Å². The molecule has 0 aliphatic rings. The lowest BCUT2D eigenvalue weighted by Crippen LogP contribution is -2.57. The summed E-state index contributed by atoms with van der Waals surface area (Å²) < 4.78 is 0. The fourth-order valence-corrected chi connectivity index (χ4v) is 2.51. The normalized spacial score (nSPS) is 14.3. The smallest absolute Gasteiger partial charge is 0.325 e. The summed E-state index contributed by atoms with van der Waals surface area (Å²) >= 11 is 0. The number of rotatable bonds is 16. The standard InChI is InChI=1S/C18H32N6O8/c1-9(18(31)32)22-16(29)11(4-2-3-7-19)23-17(30)12(8-13(21)25)24-15(28)10(20)5-6-14(26)27/h9-12H,2-8,19-20H2,1H3,(H2,21,25)(H,22,29)(H,23,30)(H,24,28)(H,26,27)(H,31,32). The number of aliphatic carboxylic acids is 2. The second kappa shape index (κ2) is 14.7. The van der Waals surface area contributed by atoms with Gasteiger partial charge in [-0.2, -0.15) is 0 Å². The molecule has 4 amide bonds. The van der Waals surface area contributed by atoms with Gasteiger partial charge in [0, 0.05) is 6.42 Å². The number of hydrogen-bond acceptors (Lipinski definition) is 8. The predicted molar refractivity (Wildman–Crippen MR) is 111 cm³/mol. The lowest BCUT2D eigenvalue weighted by molar-refractivity contribution is -0.142.